The monoisotopic (exact) mass is 464 g/mol. The molecule has 3 heterocycles. The number of H-pyrrole nitrogens is 1. The summed E-state index contributed by atoms with van der Waals surface area (Å²) < 4.78 is 10.8. The van der Waals surface area contributed by atoms with Gasteiger partial charge in [0, 0.05) is 44.0 Å². The minimum atomic E-state index is 0.175. The molecule has 0 amide bonds. The van der Waals surface area contributed by atoms with Crippen molar-refractivity contribution in [2.75, 3.05) is 51.8 Å². The van der Waals surface area contributed by atoms with Crippen LogP contribution in [0.2, 0.25) is 0 Å². The Morgan fingerprint density at radius 3 is 2.44 bits per heavy atom. The van der Waals surface area contributed by atoms with Gasteiger partial charge in [0.05, 0.1) is 31.3 Å². The number of aryl methyl sites for hydroxylation is 1. The van der Waals surface area contributed by atoms with Crippen molar-refractivity contribution >= 4 is 16.7 Å². The van der Waals surface area contributed by atoms with Crippen molar-refractivity contribution in [1.29, 1.82) is 0 Å². The summed E-state index contributed by atoms with van der Waals surface area (Å²) in [7, 11) is 3.38. The van der Waals surface area contributed by atoms with Crippen LogP contribution in [0.15, 0.2) is 36.4 Å². The van der Waals surface area contributed by atoms with Gasteiger partial charge in [0.15, 0.2) is 0 Å². The van der Waals surface area contributed by atoms with Crippen LogP contribution in [0.1, 0.15) is 37.2 Å². The van der Waals surface area contributed by atoms with Crippen LogP contribution in [0, 0.1) is 0 Å². The summed E-state index contributed by atoms with van der Waals surface area (Å²) in [6, 6.07) is 13.2. The Morgan fingerprint density at radius 2 is 1.74 bits per heavy atom. The number of hydrogen-bond acceptors (Lipinski definition) is 7. The number of nitrogens with zero attached hydrogens (tertiary/aromatic N) is 3. The third kappa shape index (κ3) is 4.99. The van der Waals surface area contributed by atoms with Crippen molar-refractivity contribution in [1.82, 2.24) is 25.7 Å². The lowest BCUT2D eigenvalue weighted by atomic mass is 10.0. The average Bonchev–Trinajstić information content (AvgIpc) is 3.54. The van der Waals surface area contributed by atoms with E-state index in [0.29, 0.717) is 6.04 Å². The van der Waals surface area contributed by atoms with Crippen LogP contribution < -0.4 is 25.2 Å². The number of likely N-dealkylation sites (N-methyl/N-ethyl adjacent to an activating group) is 1. The molecule has 0 radical (unpaired) electrons. The van der Waals surface area contributed by atoms with Gasteiger partial charge < -0.3 is 24.3 Å². The molecule has 0 spiro atoms. The van der Waals surface area contributed by atoms with E-state index in [9.17, 15) is 0 Å². The van der Waals surface area contributed by atoms with Crippen LogP contribution in [0.5, 0.6) is 11.5 Å². The fraction of sp³-hybridized carbons (Fsp3) is 0.500. The highest BCUT2D eigenvalue weighted by molar-refractivity contribution is 5.79. The maximum absolute atomic E-state index is 5.40. The number of rotatable bonds is 8. The smallest absolute Gasteiger partial charge is 0.125 e. The highest BCUT2D eigenvalue weighted by Gasteiger charge is 2.27. The van der Waals surface area contributed by atoms with Crippen LogP contribution in [0.25, 0.3) is 11.0 Å². The van der Waals surface area contributed by atoms with E-state index in [1.165, 1.54) is 11.3 Å². The van der Waals surface area contributed by atoms with Gasteiger partial charge in [-0.1, -0.05) is 6.92 Å². The Balaban J connectivity index is 1.20. The van der Waals surface area contributed by atoms with Crippen LogP contribution in [0.3, 0.4) is 0 Å². The van der Waals surface area contributed by atoms with Gasteiger partial charge in [0.1, 0.15) is 17.3 Å². The molecular formula is C26H36N6O2. The molecule has 2 aliphatic heterocycles. The Bertz CT molecular complexity index is 1090. The highest BCUT2D eigenvalue weighted by Crippen LogP contribution is 2.28. The van der Waals surface area contributed by atoms with Crippen molar-refractivity contribution in [3.63, 3.8) is 0 Å². The summed E-state index contributed by atoms with van der Waals surface area (Å²) in [4.78, 5) is 13.4. The lowest BCUT2D eigenvalue weighted by Crippen LogP contribution is -2.46. The zero-order valence-corrected chi connectivity index (χ0v) is 20.4. The number of imidazole rings is 1. The minimum absolute atomic E-state index is 0.175. The number of nitrogens with one attached hydrogen (secondary N) is 3. The SMILES string of the molecule is CCN1CCN(c2ccc3nc(C4CC(CCc5cc(OC)cc(OC)c5)NN4)[nH]c3c2)CC1. The molecule has 0 saturated carbocycles. The topological polar surface area (TPSA) is 77.7 Å². The van der Waals surface area contributed by atoms with Gasteiger partial charge in [0.25, 0.3) is 0 Å². The maximum Gasteiger partial charge on any atom is 0.125 e. The fourth-order valence-corrected chi connectivity index (χ4v) is 5.04. The standard InChI is InChI=1S/C26H36N6O2/c1-4-31-9-11-32(12-10-31)20-7-8-23-24(16-20)28-26(27-23)25-15-19(29-30-25)6-5-18-13-21(33-2)17-22(14-18)34-3/h7-8,13-14,16-17,19,25,29-30H,4-6,9-12,15H2,1-3H3,(H,27,28). The first-order valence-electron chi connectivity index (χ1n) is 12.3. The number of aromatic nitrogens is 2. The normalized spacial score (nSPS) is 21.3. The van der Waals surface area contributed by atoms with Gasteiger partial charge in [-0.15, -0.1) is 0 Å². The predicted molar refractivity (Wildman–Crippen MR) is 136 cm³/mol. The molecule has 2 saturated heterocycles. The van der Waals surface area contributed by atoms with Crippen LogP contribution in [-0.2, 0) is 6.42 Å². The van der Waals surface area contributed by atoms with Gasteiger partial charge in [-0.2, -0.15) is 0 Å². The molecule has 34 heavy (non-hydrogen) atoms. The van der Waals surface area contributed by atoms with Crippen molar-refractivity contribution in [2.45, 2.75) is 38.3 Å². The zero-order chi connectivity index (χ0) is 23.5. The van der Waals surface area contributed by atoms with E-state index in [1.54, 1.807) is 14.2 Å². The first-order valence-corrected chi connectivity index (χ1v) is 12.3. The molecule has 8 nitrogen and oxygen atoms in total. The van der Waals surface area contributed by atoms with E-state index in [0.717, 1.165) is 80.3 Å². The zero-order valence-electron chi connectivity index (χ0n) is 20.4. The number of fused-ring (bicyclic) bond motifs is 1. The molecule has 2 unspecified atom stereocenters. The molecule has 2 aromatic carbocycles. The molecule has 182 valence electrons. The molecule has 3 aromatic rings. The van der Waals surface area contributed by atoms with Gasteiger partial charge >= 0.3 is 0 Å². The molecule has 2 fully saturated rings. The van der Waals surface area contributed by atoms with E-state index >= 15 is 0 Å². The lowest BCUT2D eigenvalue weighted by Gasteiger charge is -2.35. The number of piperazine rings is 1. The second-order valence-corrected chi connectivity index (χ2v) is 9.28. The van der Waals surface area contributed by atoms with Gasteiger partial charge in [0.2, 0.25) is 0 Å². The van der Waals surface area contributed by atoms with E-state index in [1.807, 2.05) is 6.07 Å². The van der Waals surface area contributed by atoms with E-state index in [4.69, 9.17) is 14.5 Å². The summed E-state index contributed by atoms with van der Waals surface area (Å²) in [5.74, 6) is 2.67. The Hall–Kier alpha value is -2.81. The van der Waals surface area contributed by atoms with Crippen LogP contribution in [-0.4, -0.2) is 67.9 Å². The number of aromatic amines is 1. The van der Waals surface area contributed by atoms with Crippen LogP contribution in [0.4, 0.5) is 5.69 Å². The van der Waals surface area contributed by atoms with E-state index in [2.05, 4.69) is 62.9 Å². The Morgan fingerprint density at radius 1 is 0.971 bits per heavy atom. The summed E-state index contributed by atoms with van der Waals surface area (Å²) in [5, 5.41) is 0. The summed E-state index contributed by atoms with van der Waals surface area (Å²) in [5.41, 5.74) is 11.5. The quantitative estimate of drug-likeness (QED) is 0.472. The van der Waals surface area contributed by atoms with Gasteiger partial charge in [-0.05, 0) is 61.7 Å². The van der Waals surface area contributed by atoms with Crippen molar-refractivity contribution in [2.24, 2.45) is 0 Å². The Kier molecular flexibility index (Phi) is 6.89. The minimum Gasteiger partial charge on any atom is -0.497 e. The molecule has 1 aromatic heterocycles. The lowest BCUT2D eigenvalue weighted by molar-refractivity contribution is 0.271. The maximum atomic E-state index is 5.40. The third-order valence-corrected chi connectivity index (χ3v) is 7.17. The number of hydrazine groups is 1. The second-order valence-electron chi connectivity index (χ2n) is 9.28. The Labute approximate surface area is 201 Å². The number of methoxy groups -OCH3 is 2. The highest BCUT2D eigenvalue weighted by atomic mass is 16.5. The fourth-order valence-electron chi connectivity index (χ4n) is 5.04. The molecule has 8 heteroatoms. The average molecular weight is 465 g/mol. The molecule has 0 aliphatic carbocycles. The summed E-state index contributed by atoms with van der Waals surface area (Å²) >= 11 is 0. The predicted octanol–water partition coefficient (Wildman–Crippen LogP) is 3.26. The molecule has 0 bridgehead atoms. The molecular weight excluding hydrogens is 428 g/mol. The first kappa shape index (κ1) is 23.0. The number of ether oxygens (including phenoxy) is 2. The number of benzene rings is 2. The summed E-state index contributed by atoms with van der Waals surface area (Å²) in [6.07, 6.45) is 2.97. The van der Waals surface area contributed by atoms with Gasteiger partial charge in [-0.25, -0.2) is 10.4 Å². The largest absolute Gasteiger partial charge is 0.497 e. The van der Waals surface area contributed by atoms with Crippen molar-refractivity contribution in [3.05, 3.63) is 47.8 Å². The molecule has 3 N–H and O–H groups in total. The molecule has 2 aliphatic rings. The van der Waals surface area contributed by atoms with Gasteiger partial charge in [-0.3, -0.25) is 5.43 Å². The molecule has 2 atom stereocenters. The molecule has 5 rings (SSSR count). The van der Waals surface area contributed by atoms with Crippen LogP contribution >= 0.6 is 0 Å². The second kappa shape index (κ2) is 10.2. The van der Waals surface area contributed by atoms with Crippen molar-refractivity contribution < 1.29 is 9.47 Å². The number of hydrogen-bond donors (Lipinski definition) is 3. The van der Waals surface area contributed by atoms with Crippen molar-refractivity contribution in [3.8, 4) is 11.5 Å². The first-order chi connectivity index (χ1) is 16.6. The third-order valence-electron chi connectivity index (χ3n) is 7.17. The number of anilines is 1. The van der Waals surface area contributed by atoms with E-state index < -0.39 is 0 Å². The summed E-state index contributed by atoms with van der Waals surface area (Å²) in [6.45, 7) is 7.79. The van der Waals surface area contributed by atoms with E-state index in [-0.39, 0.29) is 6.04 Å².